The zero-order chi connectivity index (χ0) is 84.9. The number of ether oxygens (including phenoxy) is 2. The standard InChI is InChI=1S/C29H34N6O4.C19H20N8O3.C10H14O.S20.S18/c1-29(2,3)39-28(38)32-15-25(37)33-17-7-12-24(31-14-17)27-21-11-9-19-18(22(19)16-36)8-10-20(21)26(34-35-27)23-6-4-5-13-30-23;1-19(2,3)30-18(29)22-11-15(28)23-12-7-8-14(21-10-12)17-26-24-16(25-27-17)13-6-4-5-9-20-13;11-7-10-8-5-3-1-2-4-6-9(8)10;1-3-5-7-9-11-13-15-17-19-20-18-16-14-12-10-8-6-4-2;1-3-5-7-9-11-13-15-17-18-16-14-12-10-8-6-4-2/h4-7,12-14,18-19,22,36H,8-11,15-16H2,1-3H3,(H,32,38)(H,33,37);4-10H,11H2,1-3H3,(H,22,29)(H,23,28);8-11H,3-7H2;;/t18-,19+,22+;;8-,9+,10?;;/m0..../s1. The van der Waals surface area contributed by atoms with Gasteiger partial charge in [-0.3, -0.25) is 29.5 Å². The van der Waals surface area contributed by atoms with Crippen molar-refractivity contribution in [3.63, 3.8) is 0 Å². The highest BCUT2D eigenvalue weighted by Gasteiger charge is 2.49. The van der Waals surface area contributed by atoms with Gasteiger partial charge >= 0.3 is 12.2 Å². The molecule has 4 aliphatic carbocycles. The predicted molar refractivity (Wildman–Crippen MR) is 576 cm³/mol. The van der Waals surface area contributed by atoms with Crippen molar-refractivity contribution in [1.29, 1.82) is 0 Å². The molecular formula is C58H68N14O8S38. The van der Waals surface area contributed by atoms with E-state index in [1.54, 1.807) is 357 Å². The van der Waals surface area contributed by atoms with Crippen LogP contribution in [0.5, 0.6) is 0 Å². The maximum absolute atomic E-state index is 12.3. The molecule has 0 aromatic carbocycles. The van der Waals surface area contributed by atoms with Crippen LogP contribution in [0.4, 0.5) is 21.0 Å². The summed E-state index contributed by atoms with van der Waals surface area (Å²) in [6.45, 7) is 10.7. The largest absolute Gasteiger partial charge is 0.444 e. The van der Waals surface area contributed by atoms with Crippen LogP contribution in [0.3, 0.4) is 0 Å². The first-order valence-electron chi connectivity index (χ1n) is 32.9. The van der Waals surface area contributed by atoms with Gasteiger partial charge in [-0.25, -0.2) is 9.59 Å². The van der Waals surface area contributed by atoms with Gasteiger partial charge in [0.15, 0.2) is 0 Å². The zero-order valence-corrected chi connectivity index (χ0v) is 92.4. The van der Waals surface area contributed by atoms with Gasteiger partial charge in [0.25, 0.3) is 0 Å². The minimum Gasteiger partial charge on any atom is -0.444 e. The Bertz CT molecular complexity index is 6090. The van der Waals surface area contributed by atoms with Gasteiger partial charge in [-0.15, -0.1) is 42.4 Å². The zero-order valence-electron chi connectivity index (χ0n) is 61.4. The maximum Gasteiger partial charge on any atom is 0.408 e. The number of hydrogen-bond donors (Lipinski definition) is 6. The van der Waals surface area contributed by atoms with Crippen molar-refractivity contribution >= 4 is 382 Å². The van der Waals surface area contributed by atoms with E-state index in [0.717, 1.165) is 78.6 Å². The van der Waals surface area contributed by atoms with Crippen LogP contribution >= 0.6 is 0 Å². The second-order valence-electron chi connectivity index (χ2n) is 24.2. The minimum absolute atomic E-state index is 0.221. The first-order valence-corrected chi connectivity index (χ1v) is 80.9. The van der Waals surface area contributed by atoms with E-state index in [0.29, 0.717) is 64.6 Å². The molecule has 6 N–H and O–H groups in total. The van der Waals surface area contributed by atoms with E-state index >= 15 is 0 Å². The Balaban J connectivity index is 0.000000243. The molecule has 4 aliphatic rings. The third-order valence-electron chi connectivity index (χ3n) is 14.7. The summed E-state index contributed by atoms with van der Waals surface area (Å²) >= 11 is 19.0. The Kier molecular flexibility index (Phi) is 58.5. The van der Waals surface area contributed by atoms with Crippen LogP contribution in [0.1, 0.15) is 91.2 Å². The van der Waals surface area contributed by atoms with Crippen molar-refractivity contribution < 1.29 is 38.9 Å². The number of aliphatic hydroxyl groups excluding tert-OH is 2. The van der Waals surface area contributed by atoms with Crippen LogP contribution in [0, 0.1) is 47.3 Å². The highest BCUT2D eigenvalue weighted by Crippen LogP contribution is 2.54. The highest BCUT2D eigenvalue weighted by molar-refractivity contribution is 8.79. The fourth-order valence-electron chi connectivity index (χ4n) is 10.4. The fourth-order valence-corrected chi connectivity index (χ4v) is 92.7. The fraction of sp³-hybridized carbons (Fsp3) is 0.448. The number of fused-ring (bicyclic) bond motifs is 3. The molecule has 6 atom stereocenters. The number of pyridine rings is 4. The van der Waals surface area contributed by atoms with E-state index < -0.39 is 35.2 Å². The molecule has 2 fully saturated rings. The number of carbonyl (C=O) groups excluding carboxylic acids is 4. The van der Waals surface area contributed by atoms with Crippen LogP contribution in [0.25, 0.3) is 45.8 Å². The van der Waals surface area contributed by atoms with E-state index in [4.69, 9.17) is 59.3 Å². The molecule has 1 unspecified atom stereocenters. The summed E-state index contributed by atoms with van der Waals surface area (Å²) in [5, 5.41) is 54.2. The van der Waals surface area contributed by atoms with E-state index in [1.807, 2.05) is 30.3 Å². The monoisotopic (exact) mass is 2300 g/mol. The number of rotatable bonds is 12. The molecule has 0 aliphatic heterocycles. The number of alkyl carbamates (subject to hydrolysis) is 2. The van der Waals surface area contributed by atoms with E-state index in [1.165, 1.54) is 54.6 Å². The average molecular weight is 2310 g/mol. The quantitative estimate of drug-likeness (QED) is 0.0673. The molecule has 646 valence electrons. The van der Waals surface area contributed by atoms with Gasteiger partial charge in [-0.1, -0.05) is 12.1 Å². The summed E-state index contributed by atoms with van der Waals surface area (Å²) in [6.07, 6.45) is 13.3. The van der Waals surface area contributed by atoms with Gasteiger partial charge in [0.2, 0.25) is 23.5 Å². The second-order valence-corrected chi connectivity index (χ2v) is 84.3. The van der Waals surface area contributed by atoms with E-state index in [2.05, 4.69) is 83.6 Å². The lowest BCUT2D eigenvalue weighted by molar-refractivity contribution is -0.116. The molecule has 4 amide bonds. The number of carbonyl (C=O) groups is 4. The summed E-state index contributed by atoms with van der Waals surface area (Å²) in [7, 11) is 58.0. The molecule has 10 rings (SSSR count). The van der Waals surface area contributed by atoms with Crippen LogP contribution < -0.4 is 21.3 Å². The van der Waals surface area contributed by atoms with Crippen molar-refractivity contribution in [3.8, 4) is 57.7 Å². The molecule has 0 bridgehead atoms. The molecular weight excluding hydrogens is 2240 g/mol. The van der Waals surface area contributed by atoms with E-state index in [9.17, 15) is 24.3 Å². The summed E-state index contributed by atoms with van der Waals surface area (Å²) < 4.78 is 10.2. The summed E-state index contributed by atoms with van der Waals surface area (Å²) in [5.74, 6) is 9.78. The number of anilines is 2. The van der Waals surface area contributed by atoms with Crippen molar-refractivity contribution in [2.75, 3.05) is 36.9 Å². The lowest BCUT2D eigenvalue weighted by Crippen LogP contribution is -2.37. The molecule has 118 heavy (non-hydrogen) atoms. The number of aromatic nitrogens is 10. The number of nitrogens with zero attached hydrogens (tertiary/aromatic N) is 10. The topological polar surface area (TPSA) is 304 Å². The Morgan fingerprint density at radius 3 is 0.983 bits per heavy atom. The normalized spacial score (nSPS) is 15.6. The molecule has 60 heteroatoms. The van der Waals surface area contributed by atoms with Crippen molar-refractivity contribution in [2.24, 2.45) is 35.5 Å². The molecule has 6 aromatic rings. The van der Waals surface area contributed by atoms with Gasteiger partial charge in [-0.2, -0.15) is 0 Å². The first-order chi connectivity index (χ1) is 57.3. The highest BCUT2D eigenvalue weighted by atomic mass is 33.5. The van der Waals surface area contributed by atoms with Gasteiger partial charge < -0.3 is 41.0 Å². The number of nitrogens with one attached hydrogen (secondary N) is 4. The summed E-state index contributed by atoms with van der Waals surface area (Å²) in [6, 6.07) is 18.0. The Morgan fingerprint density at radius 1 is 0.398 bits per heavy atom. The van der Waals surface area contributed by atoms with Gasteiger partial charge in [0, 0.05) is 385 Å². The maximum atomic E-state index is 12.3. The van der Waals surface area contributed by atoms with Crippen molar-refractivity contribution in [1.82, 2.24) is 61.2 Å². The SMILES string of the molecule is CC(C)(C)OC(=O)NCC(=O)Nc1ccc(-c2nnc(-c3ccccn3)c3c2CC[C@H]2[C@H](CO)[C@H]2CC3)nc1.CC(C)(C)OC(=O)NCC(=O)Nc1ccc(-c2nnc(-c3ccccn3)nn2)nc1.OCC1[C@H]2CCC#CCC[C@@H]12.S=S=S=S=S=S=S=S=S=S=S=S=S=S=S=S=S=S.S=S=S=S=S=S=S=S=S=S=S=S=S=S=S=S=S=S=S=S. The van der Waals surface area contributed by atoms with E-state index in [-0.39, 0.29) is 25.5 Å². The van der Waals surface area contributed by atoms with Gasteiger partial charge in [0.1, 0.15) is 47.1 Å². The molecule has 0 spiro atoms. The van der Waals surface area contributed by atoms with Gasteiger partial charge in [-0.05, 0) is 175 Å². The number of aliphatic hydroxyl groups is 2. The number of amides is 4. The molecule has 6 aromatic heterocycles. The molecule has 6 heterocycles. The van der Waals surface area contributed by atoms with Gasteiger partial charge in [0.05, 0.1) is 35.2 Å². The minimum atomic E-state index is -0.669. The molecule has 0 saturated heterocycles. The lowest BCUT2D eigenvalue weighted by atomic mass is 9.90. The van der Waals surface area contributed by atoms with Crippen molar-refractivity contribution in [2.45, 2.75) is 104 Å². The smallest absolute Gasteiger partial charge is 0.408 e. The predicted octanol–water partition coefficient (Wildman–Crippen LogP) is 6.98. The Morgan fingerprint density at radius 2 is 0.695 bits per heavy atom. The summed E-state index contributed by atoms with van der Waals surface area (Å²) in [4.78, 5) is 65.1. The van der Waals surface area contributed by atoms with Crippen LogP contribution in [0.15, 0.2) is 85.5 Å². The molecule has 0 radical (unpaired) electrons. The lowest BCUT2D eigenvalue weighted by Gasteiger charge is -2.19. The van der Waals surface area contributed by atoms with Crippen molar-refractivity contribution in [3.05, 3.63) is 96.6 Å². The van der Waals surface area contributed by atoms with Crippen LogP contribution in [-0.2, 0) is 379 Å². The number of hydrogen-bond acceptors (Lipinski definition) is 22. The first kappa shape index (κ1) is 107. The second kappa shape index (κ2) is 64.6. The summed E-state index contributed by atoms with van der Waals surface area (Å²) in [5.41, 5.74) is 5.94. The average Bonchev–Trinajstić information content (AvgIpc) is 1.56. The molecule has 22 nitrogen and oxygen atoms in total. The Hall–Kier alpha value is -0.0600. The Labute approximate surface area is 799 Å². The third-order valence-corrected chi connectivity index (χ3v) is 85.8. The third kappa shape index (κ3) is 46.3. The molecule has 2 saturated carbocycles. The van der Waals surface area contributed by atoms with Crippen LogP contribution in [0.2, 0.25) is 0 Å². The van der Waals surface area contributed by atoms with Crippen LogP contribution in [-0.4, -0.2) is 122 Å².